The highest BCUT2D eigenvalue weighted by Crippen LogP contribution is 2.37. The number of carbonyl (C=O) groups is 1. The number of nitrogen functional groups attached to an aromatic ring is 1. The van der Waals surface area contributed by atoms with Gasteiger partial charge in [-0.1, -0.05) is 27.2 Å². The molecule has 2 aromatic rings. The maximum Gasteiger partial charge on any atom is 0.330 e. The van der Waals surface area contributed by atoms with Crippen LogP contribution >= 0.6 is 0 Å². The third kappa shape index (κ3) is 4.55. The van der Waals surface area contributed by atoms with Crippen molar-refractivity contribution < 1.29 is 4.79 Å². The maximum atomic E-state index is 13.3. The minimum Gasteiger partial charge on any atom is -0.383 e. The number of hydrogen-bond donors (Lipinski definition) is 2. The number of carbonyl (C=O) groups excluding carboxylic acids is 1. The number of aromatic nitrogens is 4. The summed E-state index contributed by atoms with van der Waals surface area (Å²) in [4.78, 5) is 50.5. The lowest BCUT2D eigenvalue weighted by Gasteiger charge is -2.26. The van der Waals surface area contributed by atoms with Gasteiger partial charge in [0, 0.05) is 25.2 Å². The fourth-order valence-electron chi connectivity index (χ4n) is 3.19. The molecule has 1 amide bonds. The SMILES string of the molecule is CCCCn1c(N)c(N(CC(C)C)C(=O)c2ccnc(C3CC3)n2)c(=O)[nH]c1=O. The fourth-order valence-corrected chi connectivity index (χ4v) is 3.19. The van der Waals surface area contributed by atoms with Gasteiger partial charge in [0.15, 0.2) is 5.69 Å². The largest absolute Gasteiger partial charge is 0.383 e. The van der Waals surface area contributed by atoms with Crippen LogP contribution in [0.15, 0.2) is 21.9 Å². The number of nitrogens with zero attached hydrogens (tertiary/aromatic N) is 4. The van der Waals surface area contributed by atoms with E-state index < -0.39 is 17.2 Å². The molecule has 3 rings (SSSR count). The molecule has 0 spiro atoms. The molecule has 29 heavy (non-hydrogen) atoms. The summed E-state index contributed by atoms with van der Waals surface area (Å²) in [6.07, 6.45) is 5.19. The number of anilines is 2. The zero-order valence-electron chi connectivity index (χ0n) is 17.1. The van der Waals surface area contributed by atoms with Crippen molar-refractivity contribution in [3.63, 3.8) is 0 Å². The molecule has 1 saturated carbocycles. The van der Waals surface area contributed by atoms with Crippen molar-refractivity contribution >= 4 is 17.4 Å². The normalized spacial score (nSPS) is 13.7. The van der Waals surface area contributed by atoms with Gasteiger partial charge in [-0.05, 0) is 31.2 Å². The molecule has 156 valence electrons. The van der Waals surface area contributed by atoms with Crippen LogP contribution in [-0.4, -0.2) is 32.0 Å². The minimum atomic E-state index is -0.675. The van der Waals surface area contributed by atoms with E-state index in [-0.39, 0.29) is 29.7 Å². The lowest BCUT2D eigenvalue weighted by atomic mass is 10.1. The number of H-pyrrole nitrogens is 1. The van der Waals surface area contributed by atoms with Crippen LogP contribution in [0.5, 0.6) is 0 Å². The Morgan fingerprint density at radius 3 is 2.72 bits per heavy atom. The number of hydrogen-bond acceptors (Lipinski definition) is 6. The molecule has 1 aliphatic carbocycles. The first kappa shape index (κ1) is 20.8. The van der Waals surface area contributed by atoms with Crippen LogP contribution in [0, 0.1) is 5.92 Å². The fraction of sp³-hybridized carbons (Fsp3) is 0.550. The number of nitrogens with two attached hydrogens (primary N) is 1. The van der Waals surface area contributed by atoms with Crippen LogP contribution in [0.1, 0.15) is 68.7 Å². The van der Waals surface area contributed by atoms with Gasteiger partial charge in [0.1, 0.15) is 17.3 Å². The van der Waals surface area contributed by atoms with Crippen LogP contribution in [0.4, 0.5) is 11.5 Å². The number of amides is 1. The van der Waals surface area contributed by atoms with Gasteiger partial charge in [0.25, 0.3) is 11.5 Å². The van der Waals surface area contributed by atoms with Gasteiger partial charge in [-0.25, -0.2) is 14.8 Å². The van der Waals surface area contributed by atoms with Crippen molar-refractivity contribution in [3.8, 4) is 0 Å². The molecule has 1 aliphatic rings. The third-order valence-corrected chi connectivity index (χ3v) is 4.85. The summed E-state index contributed by atoms with van der Waals surface area (Å²) in [5, 5.41) is 0. The molecule has 0 saturated heterocycles. The number of nitrogens with one attached hydrogen (secondary N) is 1. The van der Waals surface area contributed by atoms with E-state index in [9.17, 15) is 14.4 Å². The second kappa shape index (κ2) is 8.59. The van der Waals surface area contributed by atoms with E-state index in [1.165, 1.54) is 9.47 Å². The number of unbranched alkanes of at least 4 members (excludes halogenated alkanes) is 1. The quantitative estimate of drug-likeness (QED) is 0.697. The molecule has 1 fully saturated rings. The molecule has 9 heteroatoms. The van der Waals surface area contributed by atoms with Crippen LogP contribution in [0.2, 0.25) is 0 Å². The minimum absolute atomic E-state index is 0.00216. The molecule has 0 aliphatic heterocycles. The van der Waals surface area contributed by atoms with E-state index in [0.717, 1.165) is 25.7 Å². The molecular formula is C20H28N6O3. The van der Waals surface area contributed by atoms with E-state index in [1.807, 2.05) is 20.8 Å². The molecule has 0 aromatic carbocycles. The average Bonchev–Trinajstić information content (AvgIpc) is 3.51. The van der Waals surface area contributed by atoms with Crippen LogP contribution < -0.4 is 21.9 Å². The Labute approximate surface area is 169 Å². The zero-order chi connectivity index (χ0) is 21.1. The Kier molecular flexibility index (Phi) is 6.14. The van der Waals surface area contributed by atoms with E-state index in [0.29, 0.717) is 18.3 Å². The van der Waals surface area contributed by atoms with Crippen LogP contribution in [-0.2, 0) is 6.54 Å². The van der Waals surface area contributed by atoms with E-state index in [2.05, 4.69) is 15.0 Å². The van der Waals surface area contributed by atoms with Crippen molar-refractivity contribution in [2.75, 3.05) is 17.2 Å². The Bertz CT molecular complexity index is 1010. The Balaban J connectivity index is 2.07. The summed E-state index contributed by atoms with van der Waals surface area (Å²) in [5.41, 5.74) is 5.18. The average molecular weight is 400 g/mol. The standard InChI is InChI=1S/C20H28N6O3/c1-4-5-10-25-16(21)15(18(27)24-20(25)29)26(11-12(2)3)19(28)14-8-9-22-17(23-14)13-6-7-13/h8-9,12-13H,4-7,10-11,21H2,1-3H3,(H,24,27,29). The Morgan fingerprint density at radius 2 is 2.10 bits per heavy atom. The smallest absolute Gasteiger partial charge is 0.330 e. The van der Waals surface area contributed by atoms with Gasteiger partial charge in [-0.3, -0.25) is 24.0 Å². The predicted molar refractivity (Wildman–Crippen MR) is 111 cm³/mol. The van der Waals surface area contributed by atoms with Crippen molar-refractivity contribution in [1.29, 1.82) is 0 Å². The zero-order valence-corrected chi connectivity index (χ0v) is 17.1. The summed E-state index contributed by atoms with van der Waals surface area (Å²) in [7, 11) is 0. The van der Waals surface area contributed by atoms with Gasteiger partial charge in [-0.2, -0.15) is 0 Å². The van der Waals surface area contributed by atoms with Crippen molar-refractivity contribution in [2.45, 2.75) is 58.9 Å². The molecule has 0 atom stereocenters. The first-order chi connectivity index (χ1) is 13.8. The molecule has 2 heterocycles. The molecule has 2 aromatic heterocycles. The molecule has 0 unspecified atom stereocenters. The summed E-state index contributed by atoms with van der Waals surface area (Å²) in [6.45, 7) is 6.50. The highest BCUT2D eigenvalue weighted by molar-refractivity contribution is 6.06. The van der Waals surface area contributed by atoms with Gasteiger partial charge in [0.05, 0.1) is 0 Å². The number of rotatable bonds is 8. The van der Waals surface area contributed by atoms with Crippen molar-refractivity contribution in [1.82, 2.24) is 19.5 Å². The monoisotopic (exact) mass is 400 g/mol. The highest BCUT2D eigenvalue weighted by Gasteiger charge is 2.30. The highest BCUT2D eigenvalue weighted by atomic mass is 16.2. The number of aromatic amines is 1. The third-order valence-electron chi connectivity index (χ3n) is 4.85. The second-order valence-corrected chi connectivity index (χ2v) is 7.88. The van der Waals surface area contributed by atoms with Crippen LogP contribution in [0.25, 0.3) is 0 Å². The topological polar surface area (TPSA) is 127 Å². The van der Waals surface area contributed by atoms with Crippen molar-refractivity contribution in [3.05, 3.63) is 44.6 Å². The van der Waals surface area contributed by atoms with Crippen molar-refractivity contribution in [2.24, 2.45) is 5.92 Å². The molecular weight excluding hydrogens is 372 g/mol. The van der Waals surface area contributed by atoms with Gasteiger partial charge < -0.3 is 5.73 Å². The second-order valence-electron chi connectivity index (χ2n) is 7.88. The lowest BCUT2D eigenvalue weighted by Crippen LogP contribution is -2.43. The van der Waals surface area contributed by atoms with Crippen LogP contribution in [0.3, 0.4) is 0 Å². The Morgan fingerprint density at radius 1 is 1.38 bits per heavy atom. The van der Waals surface area contributed by atoms with E-state index in [4.69, 9.17) is 5.73 Å². The molecule has 0 radical (unpaired) electrons. The summed E-state index contributed by atoms with van der Waals surface area (Å²) in [5.74, 6) is 0.581. The van der Waals surface area contributed by atoms with E-state index >= 15 is 0 Å². The maximum absolute atomic E-state index is 13.3. The summed E-state index contributed by atoms with van der Waals surface area (Å²) in [6, 6.07) is 1.54. The first-order valence-electron chi connectivity index (χ1n) is 10.1. The lowest BCUT2D eigenvalue weighted by molar-refractivity contribution is 0.0978. The first-order valence-corrected chi connectivity index (χ1v) is 10.1. The summed E-state index contributed by atoms with van der Waals surface area (Å²) < 4.78 is 1.32. The molecule has 3 N–H and O–H groups in total. The molecule has 0 bridgehead atoms. The predicted octanol–water partition coefficient (Wildman–Crippen LogP) is 1.89. The van der Waals surface area contributed by atoms with Gasteiger partial charge >= 0.3 is 5.69 Å². The molecule has 9 nitrogen and oxygen atoms in total. The summed E-state index contributed by atoms with van der Waals surface area (Å²) >= 11 is 0. The van der Waals surface area contributed by atoms with Gasteiger partial charge in [-0.15, -0.1) is 0 Å². The van der Waals surface area contributed by atoms with E-state index in [1.54, 1.807) is 12.3 Å². The van der Waals surface area contributed by atoms with Gasteiger partial charge in [0.2, 0.25) is 0 Å². The Hall–Kier alpha value is -2.97.